The number of aromatic carboxylic acids is 1. The van der Waals surface area contributed by atoms with Crippen molar-refractivity contribution in [1.29, 1.82) is 0 Å². The molecule has 0 aromatic heterocycles. The Morgan fingerprint density at radius 2 is 1.40 bits per heavy atom. The molecular weight excluding hydrogens is 448 g/mol. The Bertz CT molecular complexity index is 1220. The lowest BCUT2D eigenvalue weighted by atomic mass is 10.1. The Hall–Kier alpha value is -4.46. The number of hydrogen-bond donors (Lipinski definition) is 3. The summed E-state index contributed by atoms with van der Waals surface area (Å²) in [7, 11) is 0. The Labute approximate surface area is 202 Å². The standard InChI is InChI=1S/C27H26N2O6/c1-2-24(30)18-13-15-19(16-14-18)35-17-7-12-25(31)28-22-10-5-3-8-20(22)26(32)29-23-11-6-4-9-21(23)27(33)34/h3-6,8-11,13-16H,2,7,12,17H2,1H3,(H,28,31)(H,29,32)(H,33,34). The zero-order valence-corrected chi connectivity index (χ0v) is 19.2. The van der Waals surface area contributed by atoms with E-state index in [2.05, 4.69) is 10.6 Å². The molecule has 0 atom stereocenters. The average Bonchev–Trinajstić information content (AvgIpc) is 2.87. The van der Waals surface area contributed by atoms with Gasteiger partial charge < -0.3 is 20.5 Å². The SMILES string of the molecule is CCC(=O)c1ccc(OCCCC(=O)Nc2ccccc2C(=O)Nc2ccccc2C(=O)O)cc1. The first-order valence-corrected chi connectivity index (χ1v) is 11.2. The third kappa shape index (κ3) is 7.01. The van der Waals surface area contributed by atoms with Crippen LogP contribution in [0.15, 0.2) is 72.8 Å². The van der Waals surface area contributed by atoms with E-state index in [0.717, 1.165) is 0 Å². The molecule has 0 bridgehead atoms. The highest BCUT2D eigenvalue weighted by Gasteiger charge is 2.16. The van der Waals surface area contributed by atoms with Gasteiger partial charge >= 0.3 is 5.97 Å². The maximum Gasteiger partial charge on any atom is 0.337 e. The average molecular weight is 475 g/mol. The van der Waals surface area contributed by atoms with E-state index in [4.69, 9.17) is 4.74 Å². The van der Waals surface area contributed by atoms with Gasteiger partial charge in [-0.05, 0) is 55.0 Å². The highest BCUT2D eigenvalue weighted by Crippen LogP contribution is 2.20. The lowest BCUT2D eigenvalue weighted by molar-refractivity contribution is -0.116. The molecule has 0 radical (unpaired) electrons. The van der Waals surface area contributed by atoms with E-state index in [1.807, 2.05) is 0 Å². The molecule has 2 amide bonds. The van der Waals surface area contributed by atoms with E-state index in [1.165, 1.54) is 12.1 Å². The smallest absolute Gasteiger partial charge is 0.337 e. The minimum absolute atomic E-state index is 0.0334. The Balaban J connectivity index is 1.53. The number of hydrogen-bond acceptors (Lipinski definition) is 5. The van der Waals surface area contributed by atoms with Crippen molar-refractivity contribution in [2.75, 3.05) is 17.2 Å². The van der Waals surface area contributed by atoms with Crippen LogP contribution in [0.4, 0.5) is 11.4 Å². The number of nitrogens with one attached hydrogen (secondary N) is 2. The highest BCUT2D eigenvalue weighted by molar-refractivity contribution is 6.12. The minimum Gasteiger partial charge on any atom is -0.494 e. The van der Waals surface area contributed by atoms with Gasteiger partial charge in [-0.2, -0.15) is 0 Å². The topological polar surface area (TPSA) is 122 Å². The molecule has 0 aliphatic carbocycles. The number of anilines is 2. The Kier molecular flexibility index (Phi) is 8.72. The second-order valence-electron chi connectivity index (χ2n) is 7.65. The predicted molar refractivity (Wildman–Crippen MR) is 132 cm³/mol. The molecule has 0 saturated heterocycles. The van der Waals surface area contributed by atoms with Crippen molar-refractivity contribution in [1.82, 2.24) is 0 Å². The van der Waals surface area contributed by atoms with E-state index in [0.29, 0.717) is 36.4 Å². The van der Waals surface area contributed by atoms with E-state index in [-0.39, 0.29) is 34.9 Å². The van der Waals surface area contributed by atoms with Gasteiger partial charge in [0, 0.05) is 18.4 Å². The van der Waals surface area contributed by atoms with E-state index in [1.54, 1.807) is 67.6 Å². The highest BCUT2D eigenvalue weighted by atomic mass is 16.5. The van der Waals surface area contributed by atoms with Gasteiger partial charge in [0.05, 0.1) is 29.1 Å². The van der Waals surface area contributed by atoms with E-state index < -0.39 is 11.9 Å². The summed E-state index contributed by atoms with van der Waals surface area (Å²) in [5.74, 6) is -1.31. The van der Waals surface area contributed by atoms with Crippen molar-refractivity contribution in [2.45, 2.75) is 26.2 Å². The zero-order chi connectivity index (χ0) is 25.2. The van der Waals surface area contributed by atoms with Crippen LogP contribution in [-0.4, -0.2) is 35.3 Å². The van der Waals surface area contributed by atoms with Gasteiger partial charge in [0.15, 0.2) is 5.78 Å². The summed E-state index contributed by atoms with van der Waals surface area (Å²) in [4.78, 5) is 48.3. The van der Waals surface area contributed by atoms with Crippen molar-refractivity contribution in [3.63, 3.8) is 0 Å². The first kappa shape index (κ1) is 25.2. The number of carbonyl (C=O) groups is 4. The van der Waals surface area contributed by atoms with Gasteiger partial charge in [-0.3, -0.25) is 14.4 Å². The van der Waals surface area contributed by atoms with Crippen molar-refractivity contribution in [3.05, 3.63) is 89.5 Å². The summed E-state index contributed by atoms with van der Waals surface area (Å²) in [6.07, 6.45) is 1.06. The van der Waals surface area contributed by atoms with Crippen LogP contribution in [0, 0.1) is 0 Å². The first-order chi connectivity index (χ1) is 16.9. The summed E-state index contributed by atoms with van der Waals surface area (Å²) in [5.41, 5.74) is 1.29. The van der Waals surface area contributed by atoms with Gasteiger partial charge in [0.25, 0.3) is 5.91 Å². The number of ketones is 1. The molecule has 0 aliphatic rings. The number of para-hydroxylation sites is 2. The van der Waals surface area contributed by atoms with Gasteiger partial charge in [0.1, 0.15) is 5.75 Å². The summed E-state index contributed by atoms with van der Waals surface area (Å²) >= 11 is 0. The van der Waals surface area contributed by atoms with Crippen LogP contribution in [0.2, 0.25) is 0 Å². The quantitative estimate of drug-likeness (QED) is 0.265. The molecule has 0 fully saturated rings. The first-order valence-electron chi connectivity index (χ1n) is 11.2. The number of carboxylic acids is 1. The molecule has 35 heavy (non-hydrogen) atoms. The molecule has 180 valence electrons. The largest absolute Gasteiger partial charge is 0.494 e. The molecule has 3 N–H and O–H groups in total. The molecule has 8 nitrogen and oxygen atoms in total. The van der Waals surface area contributed by atoms with Gasteiger partial charge in [-0.25, -0.2) is 4.79 Å². The maximum atomic E-state index is 12.8. The third-order valence-electron chi connectivity index (χ3n) is 5.17. The van der Waals surface area contributed by atoms with Gasteiger partial charge in [0.2, 0.25) is 5.91 Å². The second kappa shape index (κ2) is 12.1. The normalized spacial score (nSPS) is 10.3. The molecule has 3 aromatic carbocycles. The van der Waals surface area contributed by atoms with Crippen LogP contribution < -0.4 is 15.4 Å². The number of carbonyl (C=O) groups excluding carboxylic acids is 3. The maximum absolute atomic E-state index is 12.8. The number of rotatable bonds is 11. The monoisotopic (exact) mass is 474 g/mol. The van der Waals surface area contributed by atoms with E-state index in [9.17, 15) is 24.3 Å². The van der Waals surface area contributed by atoms with Crippen LogP contribution in [0.3, 0.4) is 0 Å². The van der Waals surface area contributed by atoms with Gasteiger partial charge in [-0.15, -0.1) is 0 Å². The Morgan fingerprint density at radius 3 is 2.03 bits per heavy atom. The van der Waals surface area contributed by atoms with Crippen molar-refractivity contribution in [3.8, 4) is 5.75 Å². The van der Waals surface area contributed by atoms with Crippen LogP contribution in [0.25, 0.3) is 0 Å². The second-order valence-corrected chi connectivity index (χ2v) is 7.65. The molecule has 3 rings (SSSR count). The van der Waals surface area contributed by atoms with Crippen molar-refractivity contribution >= 4 is 34.9 Å². The van der Waals surface area contributed by atoms with Crippen LogP contribution in [-0.2, 0) is 4.79 Å². The van der Waals surface area contributed by atoms with Crippen LogP contribution >= 0.6 is 0 Å². The fourth-order valence-corrected chi connectivity index (χ4v) is 3.34. The summed E-state index contributed by atoms with van der Waals surface area (Å²) in [5, 5.41) is 14.6. The molecule has 0 aliphatic heterocycles. The molecule has 0 heterocycles. The molecule has 0 spiro atoms. The molecule has 8 heteroatoms. The summed E-state index contributed by atoms with van der Waals surface area (Å²) < 4.78 is 5.63. The molecule has 0 unspecified atom stereocenters. The molecular formula is C27H26N2O6. The third-order valence-corrected chi connectivity index (χ3v) is 5.17. The number of Topliss-reactive ketones (excluding diaryl/α,β-unsaturated/α-hetero) is 1. The van der Waals surface area contributed by atoms with Crippen LogP contribution in [0.1, 0.15) is 57.3 Å². The lowest BCUT2D eigenvalue weighted by Crippen LogP contribution is -2.19. The zero-order valence-electron chi connectivity index (χ0n) is 19.2. The van der Waals surface area contributed by atoms with E-state index >= 15 is 0 Å². The number of carboxylic acid groups (broad SMARTS) is 1. The number of amides is 2. The minimum atomic E-state index is -1.16. The fourth-order valence-electron chi connectivity index (χ4n) is 3.34. The lowest BCUT2D eigenvalue weighted by Gasteiger charge is -2.13. The number of benzene rings is 3. The number of ether oxygens (including phenoxy) is 1. The van der Waals surface area contributed by atoms with Crippen LogP contribution in [0.5, 0.6) is 5.75 Å². The summed E-state index contributed by atoms with van der Waals surface area (Å²) in [6, 6.07) is 19.4. The van der Waals surface area contributed by atoms with Crippen molar-refractivity contribution in [2.24, 2.45) is 0 Å². The predicted octanol–water partition coefficient (Wildman–Crippen LogP) is 5.03. The van der Waals surface area contributed by atoms with Crippen molar-refractivity contribution < 1.29 is 29.0 Å². The molecule has 3 aromatic rings. The summed E-state index contributed by atoms with van der Waals surface area (Å²) in [6.45, 7) is 2.11. The van der Waals surface area contributed by atoms with Gasteiger partial charge in [-0.1, -0.05) is 31.2 Å². The fraction of sp³-hybridized carbons (Fsp3) is 0.185. The molecule has 0 saturated carbocycles. The Morgan fingerprint density at radius 1 is 0.800 bits per heavy atom.